The molecule has 8 nitrogen and oxygen atoms in total. The first-order valence-electron chi connectivity index (χ1n) is 12.2. The molecule has 0 spiro atoms. The number of anilines is 3. The monoisotopic (exact) mass is 594 g/mol. The van der Waals surface area contributed by atoms with Crippen LogP contribution in [0.5, 0.6) is 5.75 Å². The van der Waals surface area contributed by atoms with E-state index in [4.69, 9.17) is 4.74 Å². The lowest BCUT2D eigenvalue weighted by molar-refractivity contribution is -0.274. The first-order chi connectivity index (χ1) is 19.3. The van der Waals surface area contributed by atoms with Crippen molar-refractivity contribution in [2.24, 2.45) is 0 Å². The number of ether oxygens (including phenoxy) is 2. The van der Waals surface area contributed by atoms with Gasteiger partial charge in [0.2, 0.25) is 0 Å². The van der Waals surface area contributed by atoms with Crippen LogP contribution in [0.1, 0.15) is 5.56 Å². The second-order valence-corrected chi connectivity index (χ2v) is 11.4. The van der Waals surface area contributed by atoms with Crippen molar-refractivity contribution in [3.63, 3.8) is 0 Å². The molecule has 1 fully saturated rings. The molecule has 41 heavy (non-hydrogen) atoms. The number of sulfone groups is 1. The van der Waals surface area contributed by atoms with Crippen LogP contribution in [0.4, 0.5) is 39.0 Å². The van der Waals surface area contributed by atoms with Crippen LogP contribution in [0, 0.1) is 18.6 Å². The molecule has 1 saturated heterocycles. The van der Waals surface area contributed by atoms with Gasteiger partial charge >= 0.3 is 6.36 Å². The molecule has 3 heterocycles. The lowest BCUT2D eigenvalue weighted by Gasteiger charge is -2.28. The van der Waals surface area contributed by atoms with Gasteiger partial charge < -0.3 is 19.7 Å². The number of halogens is 5. The van der Waals surface area contributed by atoms with Gasteiger partial charge in [-0.3, -0.25) is 4.98 Å². The first kappa shape index (κ1) is 28.5. The zero-order valence-electron chi connectivity index (χ0n) is 21.7. The van der Waals surface area contributed by atoms with Gasteiger partial charge in [0.1, 0.15) is 17.4 Å². The first-order valence-corrected chi connectivity index (χ1v) is 14.1. The lowest BCUT2D eigenvalue weighted by atomic mass is 10.0. The normalized spacial score (nSPS) is 14.4. The van der Waals surface area contributed by atoms with Crippen molar-refractivity contribution in [2.45, 2.75) is 18.2 Å². The van der Waals surface area contributed by atoms with E-state index in [0.717, 1.165) is 36.2 Å². The highest BCUT2D eigenvalue weighted by molar-refractivity contribution is 7.90. The van der Waals surface area contributed by atoms with Gasteiger partial charge in [-0.05, 0) is 36.8 Å². The second-order valence-electron chi connectivity index (χ2n) is 9.38. The molecular weight excluding hydrogens is 571 g/mol. The highest BCUT2D eigenvalue weighted by Crippen LogP contribution is 2.40. The van der Waals surface area contributed by atoms with Crippen molar-refractivity contribution in [3.8, 4) is 17.0 Å². The molecular formula is C27H23F5N4O4S. The number of fused-ring (bicyclic) bond motifs is 1. The fourth-order valence-corrected chi connectivity index (χ4v) is 5.54. The Morgan fingerprint density at radius 2 is 1.78 bits per heavy atom. The van der Waals surface area contributed by atoms with E-state index in [1.165, 1.54) is 13.1 Å². The Bertz CT molecular complexity index is 1740. The van der Waals surface area contributed by atoms with Gasteiger partial charge in [-0.1, -0.05) is 0 Å². The Kier molecular flexibility index (Phi) is 7.46. The summed E-state index contributed by atoms with van der Waals surface area (Å²) in [5, 5.41) is 2.99. The number of pyridine rings is 2. The average molecular weight is 595 g/mol. The lowest BCUT2D eigenvalue weighted by Crippen LogP contribution is -2.36. The summed E-state index contributed by atoms with van der Waals surface area (Å²) >= 11 is 0. The number of rotatable bonds is 6. The van der Waals surface area contributed by atoms with Crippen LogP contribution in [-0.2, 0) is 14.6 Å². The second kappa shape index (κ2) is 10.7. The summed E-state index contributed by atoms with van der Waals surface area (Å²) in [5.74, 6) is -2.58. The van der Waals surface area contributed by atoms with Crippen LogP contribution in [0.3, 0.4) is 0 Å². The maximum atomic E-state index is 15.2. The van der Waals surface area contributed by atoms with Crippen molar-refractivity contribution in [1.29, 1.82) is 0 Å². The third-order valence-electron chi connectivity index (χ3n) is 6.46. The quantitative estimate of drug-likeness (QED) is 0.282. The average Bonchev–Trinajstić information content (AvgIpc) is 2.89. The smallest absolute Gasteiger partial charge is 0.406 e. The molecule has 4 aromatic rings. The van der Waals surface area contributed by atoms with Gasteiger partial charge in [0.25, 0.3) is 0 Å². The molecule has 1 N–H and O–H groups in total. The van der Waals surface area contributed by atoms with Crippen LogP contribution in [-0.4, -0.2) is 57.3 Å². The Hall–Kier alpha value is -4.04. The third-order valence-corrected chi connectivity index (χ3v) is 7.61. The van der Waals surface area contributed by atoms with Gasteiger partial charge in [0, 0.05) is 37.0 Å². The fraction of sp³-hybridized carbons (Fsp3) is 0.259. The molecule has 0 saturated carbocycles. The van der Waals surface area contributed by atoms with Crippen molar-refractivity contribution in [3.05, 3.63) is 66.0 Å². The summed E-state index contributed by atoms with van der Waals surface area (Å²) in [6.45, 7) is 3.82. The SMILES string of the molecule is Cc1c(-c2cc(OC(F)(F)F)ccc2S(C)(=O)=O)nc2cc(F)cc(F)c2c1Nc1cncc(N2CCOCC2)c1. The predicted octanol–water partition coefficient (Wildman–Crippen LogP) is 5.77. The van der Waals surface area contributed by atoms with E-state index in [9.17, 15) is 26.0 Å². The number of nitrogens with one attached hydrogen (secondary N) is 1. The van der Waals surface area contributed by atoms with Gasteiger partial charge in [-0.25, -0.2) is 22.2 Å². The van der Waals surface area contributed by atoms with E-state index < -0.39 is 33.6 Å². The van der Waals surface area contributed by atoms with Crippen LogP contribution < -0.4 is 15.0 Å². The van der Waals surface area contributed by atoms with Crippen LogP contribution in [0.15, 0.2) is 53.7 Å². The Morgan fingerprint density at radius 3 is 2.46 bits per heavy atom. The summed E-state index contributed by atoms with van der Waals surface area (Å²) in [5.41, 5.74) is 0.939. The number of aromatic nitrogens is 2. The molecule has 2 aromatic heterocycles. The zero-order valence-corrected chi connectivity index (χ0v) is 22.5. The molecule has 0 amide bonds. The summed E-state index contributed by atoms with van der Waals surface area (Å²) in [4.78, 5) is 10.3. The Balaban J connectivity index is 1.72. The van der Waals surface area contributed by atoms with Gasteiger partial charge in [-0.15, -0.1) is 13.2 Å². The summed E-state index contributed by atoms with van der Waals surface area (Å²) in [6.07, 6.45) is -1.03. The minimum Gasteiger partial charge on any atom is -0.406 e. The minimum atomic E-state index is -5.05. The van der Waals surface area contributed by atoms with E-state index in [1.54, 1.807) is 12.3 Å². The molecule has 0 bridgehead atoms. The molecule has 0 radical (unpaired) electrons. The van der Waals surface area contributed by atoms with Crippen molar-refractivity contribution < 1.29 is 39.8 Å². The largest absolute Gasteiger partial charge is 0.573 e. The molecule has 0 atom stereocenters. The highest BCUT2D eigenvalue weighted by Gasteiger charge is 2.32. The molecule has 0 unspecified atom stereocenters. The molecule has 2 aromatic carbocycles. The van der Waals surface area contributed by atoms with Crippen molar-refractivity contribution in [2.75, 3.05) is 42.8 Å². The van der Waals surface area contributed by atoms with Crippen molar-refractivity contribution >= 4 is 37.8 Å². The van der Waals surface area contributed by atoms with Gasteiger partial charge in [-0.2, -0.15) is 0 Å². The van der Waals surface area contributed by atoms with E-state index in [0.29, 0.717) is 38.1 Å². The molecule has 1 aliphatic heterocycles. The number of nitrogens with zero attached hydrogens (tertiary/aromatic N) is 3. The topological polar surface area (TPSA) is 93.7 Å². The van der Waals surface area contributed by atoms with Crippen LogP contribution in [0.25, 0.3) is 22.2 Å². The van der Waals surface area contributed by atoms with E-state index in [1.807, 2.05) is 4.90 Å². The third kappa shape index (κ3) is 6.17. The summed E-state index contributed by atoms with van der Waals surface area (Å²) < 4.78 is 103. The highest BCUT2D eigenvalue weighted by atomic mass is 32.2. The maximum absolute atomic E-state index is 15.2. The van der Waals surface area contributed by atoms with E-state index >= 15 is 4.39 Å². The van der Waals surface area contributed by atoms with E-state index in [-0.39, 0.29) is 38.3 Å². The zero-order chi connectivity index (χ0) is 29.5. The minimum absolute atomic E-state index is 0.102. The molecule has 216 valence electrons. The Labute approximate surface area is 231 Å². The summed E-state index contributed by atoms with van der Waals surface area (Å²) in [6, 6.07) is 6.11. The molecule has 1 aliphatic rings. The predicted molar refractivity (Wildman–Crippen MR) is 142 cm³/mol. The number of hydrogen-bond donors (Lipinski definition) is 1. The Morgan fingerprint density at radius 1 is 1.05 bits per heavy atom. The number of alkyl halides is 3. The number of hydrogen-bond acceptors (Lipinski definition) is 8. The molecule has 5 rings (SSSR count). The van der Waals surface area contributed by atoms with Gasteiger partial charge in [0.15, 0.2) is 9.84 Å². The standard InChI is InChI=1S/C27H23F5N4O4S/c1-15-25(20-12-19(40-27(30,31)32)3-4-23(20)41(2,37)38)35-22-10-16(28)9-21(29)24(22)26(15)34-17-11-18(14-33-13-17)36-5-7-39-8-6-36/h3-4,9-14H,5-8H2,1-2H3,(H,34,35). The van der Waals surface area contributed by atoms with Gasteiger partial charge in [0.05, 0.1) is 64.2 Å². The van der Waals surface area contributed by atoms with Crippen molar-refractivity contribution in [1.82, 2.24) is 9.97 Å². The number of benzene rings is 2. The van der Waals surface area contributed by atoms with Crippen LogP contribution >= 0.6 is 0 Å². The fourth-order valence-electron chi connectivity index (χ4n) is 4.67. The molecule has 0 aliphatic carbocycles. The maximum Gasteiger partial charge on any atom is 0.573 e. The molecule has 14 heteroatoms. The number of morpholine rings is 1. The van der Waals surface area contributed by atoms with E-state index in [2.05, 4.69) is 20.0 Å². The summed E-state index contributed by atoms with van der Waals surface area (Å²) in [7, 11) is -3.99. The van der Waals surface area contributed by atoms with Crippen LogP contribution in [0.2, 0.25) is 0 Å².